The van der Waals surface area contributed by atoms with Gasteiger partial charge in [0, 0.05) is 31.1 Å². The number of aromatic hydroxyl groups is 1. The zero-order valence-corrected chi connectivity index (χ0v) is 17.5. The van der Waals surface area contributed by atoms with Crippen molar-refractivity contribution >= 4 is 22.6 Å². The molecular formula is C24H26N4O3. The van der Waals surface area contributed by atoms with E-state index in [2.05, 4.69) is 16.3 Å². The van der Waals surface area contributed by atoms with Gasteiger partial charge < -0.3 is 20.1 Å². The normalized spacial score (nSPS) is 21.0. The standard InChI is InChI=1S/C24H26N4O3/c1-15-8-9-17-19(13-15)26-22(18-5-2-3-6-20(18)29)27-23(17)28-11-10-16(14-28)25-24(30)21-7-4-12-31-21/h2-3,5-6,8-9,13,16,21,29H,4,7,10-12,14H2,1H3,(H,25,30)/t16-,21?/m1/s1. The summed E-state index contributed by atoms with van der Waals surface area (Å²) in [5.74, 6) is 1.47. The first-order chi connectivity index (χ1) is 15.1. The predicted molar refractivity (Wildman–Crippen MR) is 119 cm³/mol. The number of phenolic OH excluding ortho intramolecular Hbond substituents is 1. The number of para-hydroxylation sites is 1. The number of aryl methyl sites for hydroxylation is 1. The minimum atomic E-state index is -0.315. The van der Waals surface area contributed by atoms with Crippen molar-refractivity contribution in [2.24, 2.45) is 0 Å². The highest BCUT2D eigenvalue weighted by molar-refractivity contribution is 5.92. The second-order valence-corrected chi connectivity index (χ2v) is 8.35. The van der Waals surface area contributed by atoms with Crippen molar-refractivity contribution in [3.8, 4) is 17.1 Å². The monoisotopic (exact) mass is 418 g/mol. The summed E-state index contributed by atoms with van der Waals surface area (Å²) in [7, 11) is 0. The van der Waals surface area contributed by atoms with Crippen LogP contribution in [-0.2, 0) is 9.53 Å². The molecule has 2 atom stereocenters. The molecule has 0 spiro atoms. The molecule has 1 amide bonds. The maximum Gasteiger partial charge on any atom is 0.249 e. The molecule has 0 aliphatic carbocycles. The van der Waals surface area contributed by atoms with E-state index in [-0.39, 0.29) is 23.8 Å². The molecule has 7 heteroatoms. The van der Waals surface area contributed by atoms with Crippen LogP contribution in [-0.4, -0.2) is 52.8 Å². The van der Waals surface area contributed by atoms with Crippen molar-refractivity contribution < 1.29 is 14.6 Å². The molecule has 31 heavy (non-hydrogen) atoms. The highest BCUT2D eigenvalue weighted by Crippen LogP contribution is 2.33. The number of hydrogen-bond donors (Lipinski definition) is 2. The van der Waals surface area contributed by atoms with Crippen LogP contribution in [0, 0.1) is 6.92 Å². The molecule has 3 heterocycles. The Bertz CT molecular complexity index is 1130. The molecule has 2 aromatic carbocycles. The topological polar surface area (TPSA) is 87.6 Å². The van der Waals surface area contributed by atoms with Crippen LogP contribution >= 0.6 is 0 Å². The van der Waals surface area contributed by atoms with Gasteiger partial charge in [-0.2, -0.15) is 0 Å². The van der Waals surface area contributed by atoms with Crippen LogP contribution in [0.1, 0.15) is 24.8 Å². The molecule has 2 aliphatic heterocycles. The molecule has 0 bridgehead atoms. The molecule has 0 saturated carbocycles. The van der Waals surface area contributed by atoms with Crippen molar-refractivity contribution in [1.82, 2.24) is 15.3 Å². The summed E-state index contributed by atoms with van der Waals surface area (Å²) in [6.07, 6.45) is 2.27. The van der Waals surface area contributed by atoms with Gasteiger partial charge in [-0.25, -0.2) is 9.97 Å². The molecular weight excluding hydrogens is 392 g/mol. The quantitative estimate of drug-likeness (QED) is 0.677. The summed E-state index contributed by atoms with van der Waals surface area (Å²) in [5.41, 5.74) is 2.56. The minimum absolute atomic E-state index is 0.0117. The van der Waals surface area contributed by atoms with Gasteiger partial charge in [0.05, 0.1) is 11.1 Å². The summed E-state index contributed by atoms with van der Waals surface area (Å²) in [6.45, 7) is 4.17. The van der Waals surface area contributed by atoms with Crippen molar-refractivity contribution in [3.63, 3.8) is 0 Å². The second-order valence-electron chi connectivity index (χ2n) is 8.35. The number of benzene rings is 2. The molecule has 7 nitrogen and oxygen atoms in total. The Hall–Kier alpha value is -3.19. The number of nitrogens with zero attached hydrogens (tertiary/aromatic N) is 3. The molecule has 2 fully saturated rings. The van der Waals surface area contributed by atoms with E-state index >= 15 is 0 Å². The molecule has 1 aromatic heterocycles. The van der Waals surface area contributed by atoms with Gasteiger partial charge in [0.25, 0.3) is 0 Å². The van der Waals surface area contributed by atoms with Crippen LogP contribution in [0.2, 0.25) is 0 Å². The Morgan fingerprint density at radius 3 is 2.87 bits per heavy atom. The Morgan fingerprint density at radius 2 is 2.06 bits per heavy atom. The fourth-order valence-corrected chi connectivity index (χ4v) is 4.40. The number of anilines is 1. The molecule has 2 aliphatic rings. The number of rotatable bonds is 4. The maximum atomic E-state index is 12.5. The van der Waals surface area contributed by atoms with Gasteiger partial charge in [-0.15, -0.1) is 0 Å². The van der Waals surface area contributed by atoms with E-state index in [1.54, 1.807) is 12.1 Å². The van der Waals surface area contributed by atoms with Gasteiger partial charge >= 0.3 is 0 Å². The van der Waals surface area contributed by atoms with Crippen LogP contribution in [0.4, 0.5) is 5.82 Å². The van der Waals surface area contributed by atoms with Gasteiger partial charge in [-0.1, -0.05) is 18.2 Å². The first-order valence-corrected chi connectivity index (χ1v) is 10.8. The van der Waals surface area contributed by atoms with E-state index in [4.69, 9.17) is 14.7 Å². The van der Waals surface area contributed by atoms with Gasteiger partial charge in [0.1, 0.15) is 17.7 Å². The van der Waals surface area contributed by atoms with E-state index in [0.29, 0.717) is 24.5 Å². The average Bonchev–Trinajstić information content (AvgIpc) is 3.45. The predicted octanol–water partition coefficient (Wildman–Crippen LogP) is 3.18. The maximum absolute atomic E-state index is 12.5. The van der Waals surface area contributed by atoms with Crippen molar-refractivity contribution in [1.29, 1.82) is 0 Å². The van der Waals surface area contributed by atoms with Crippen molar-refractivity contribution in [2.75, 3.05) is 24.6 Å². The number of aromatic nitrogens is 2. The largest absolute Gasteiger partial charge is 0.507 e. The second kappa shape index (κ2) is 8.15. The smallest absolute Gasteiger partial charge is 0.249 e. The molecule has 2 saturated heterocycles. The van der Waals surface area contributed by atoms with Gasteiger partial charge in [0.15, 0.2) is 5.82 Å². The molecule has 0 radical (unpaired) electrons. The Morgan fingerprint density at radius 1 is 1.19 bits per heavy atom. The minimum Gasteiger partial charge on any atom is -0.507 e. The van der Waals surface area contributed by atoms with Gasteiger partial charge in [-0.05, 0) is 56.0 Å². The lowest BCUT2D eigenvalue weighted by atomic mass is 10.1. The molecule has 160 valence electrons. The first-order valence-electron chi connectivity index (χ1n) is 10.8. The molecule has 3 aromatic rings. The zero-order chi connectivity index (χ0) is 21.4. The summed E-state index contributed by atoms with van der Waals surface area (Å²) >= 11 is 0. The first kappa shape index (κ1) is 19.8. The third-order valence-electron chi connectivity index (χ3n) is 6.03. The number of hydrogen-bond acceptors (Lipinski definition) is 6. The number of carbonyl (C=O) groups is 1. The molecule has 1 unspecified atom stereocenters. The van der Waals surface area contributed by atoms with Crippen LogP contribution in [0.15, 0.2) is 42.5 Å². The summed E-state index contributed by atoms with van der Waals surface area (Å²) < 4.78 is 5.51. The number of fused-ring (bicyclic) bond motifs is 1. The Labute approximate surface area is 181 Å². The molecule has 2 N–H and O–H groups in total. The number of phenols is 1. The third kappa shape index (κ3) is 3.93. The Balaban J connectivity index is 1.46. The van der Waals surface area contributed by atoms with Crippen molar-refractivity contribution in [2.45, 2.75) is 38.3 Å². The fraction of sp³-hybridized carbons (Fsp3) is 0.375. The van der Waals surface area contributed by atoms with E-state index in [0.717, 1.165) is 48.1 Å². The van der Waals surface area contributed by atoms with Crippen molar-refractivity contribution in [3.05, 3.63) is 48.0 Å². The van der Waals surface area contributed by atoms with E-state index in [9.17, 15) is 9.90 Å². The van der Waals surface area contributed by atoms with Crippen LogP contribution in [0.5, 0.6) is 5.75 Å². The summed E-state index contributed by atoms with van der Waals surface area (Å²) in [5, 5.41) is 14.5. The van der Waals surface area contributed by atoms with E-state index < -0.39 is 0 Å². The summed E-state index contributed by atoms with van der Waals surface area (Å²) in [6, 6.07) is 13.3. The fourth-order valence-electron chi connectivity index (χ4n) is 4.40. The number of amides is 1. The van der Waals surface area contributed by atoms with E-state index in [1.807, 2.05) is 31.2 Å². The van der Waals surface area contributed by atoms with Gasteiger partial charge in [-0.3, -0.25) is 4.79 Å². The van der Waals surface area contributed by atoms with E-state index in [1.165, 1.54) is 0 Å². The molecule has 5 rings (SSSR count). The lowest BCUT2D eigenvalue weighted by Crippen LogP contribution is -2.42. The SMILES string of the molecule is Cc1ccc2c(N3CC[C@@H](NC(=O)C4CCCO4)C3)nc(-c3ccccc3O)nc2c1. The third-order valence-corrected chi connectivity index (χ3v) is 6.03. The Kier molecular flexibility index (Phi) is 5.19. The van der Waals surface area contributed by atoms with Crippen LogP contribution in [0.25, 0.3) is 22.3 Å². The number of ether oxygens (including phenoxy) is 1. The average molecular weight is 418 g/mol. The highest BCUT2D eigenvalue weighted by atomic mass is 16.5. The van der Waals surface area contributed by atoms with Crippen LogP contribution < -0.4 is 10.2 Å². The van der Waals surface area contributed by atoms with Crippen LogP contribution in [0.3, 0.4) is 0 Å². The zero-order valence-electron chi connectivity index (χ0n) is 17.5. The lowest BCUT2D eigenvalue weighted by molar-refractivity contribution is -0.130. The highest BCUT2D eigenvalue weighted by Gasteiger charge is 2.30. The number of nitrogens with one attached hydrogen (secondary N) is 1. The summed E-state index contributed by atoms with van der Waals surface area (Å²) in [4.78, 5) is 24.2. The lowest BCUT2D eigenvalue weighted by Gasteiger charge is -2.21. The number of carbonyl (C=O) groups excluding carboxylic acids is 1. The van der Waals surface area contributed by atoms with Gasteiger partial charge in [0.2, 0.25) is 5.91 Å².